The molecule has 0 amide bonds. The van der Waals surface area contributed by atoms with Crippen molar-refractivity contribution in [3.8, 4) is 11.5 Å². The monoisotopic (exact) mass is 312 g/mol. The van der Waals surface area contributed by atoms with Crippen molar-refractivity contribution < 1.29 is 22.6 Å². The number of alkyl halides is 3. The second kappa shape index (κ2) is 6.65. The smallest absolute Gasteiger partial charge is 0.492 e. The fourth-order valence-corrected chi connectivity index (χ4v) is 1.95. The summed E-state index contributed by atoms with van der Waals surface area (Å²) in [5, 5.41) is 0. The highest BCUT2D eigenvalue weighted by molar-refractivity contribution is 5.38. The minimum absolute atomic E-state index is 0.297. The van der Waals surface area contributed by atoms with Crippen molar-refractivity contribution in [1.82, 2.24) is 4.98 Å². The molecule has 0 aliphatic carbocycles. The third-order valence-electron chi connectivity index (χ3n) is 2.87. The lowest BCUT2D eigenvalue weighted by Gasteiger charge is -2.16. The number of pyridine rings is 1. The number of rotatable bonds is 5. The van der Waals surface area contributed by atoms with Crippen LogP contribution in [-0.2, 0) is 0 Å². The van der Waals surface area contributed by atoms with Crippen LogP contribution in [0.4, 0.5) is 13.2 Å². The van der Waals surface area contributed by atoms with E-state index in [4.69, 9.17) is 10.5 Å². The van der Waals surface area contributed by atoms with E-state index < -0.39 is 12.4 Å². The number of ether oxygens (including phenoxy) is 2. The molecule has 7 heteroatoms. The summed E-state index contributed by atoms with van der Waals surface area (Å²) in [7, 11) is 0. The van der Waals surface area contributed by atoms with E-state index in [2.05, 4.69) is 9.72 Å². The highest BCUT2D eigenvalue weighted by Crippen LogP contribution is 2.28. The molecule has 2 N–H and O–H groups in total. The Hall–Kier alpha value is -2.28. The lowest BCUT2D eigenvalue weighted by atomic mass is 10.0. The summed E-state index contributed by atoms with van der Waals surface area (Å²) in [5.41, 5.74) is 7.25. The summed E-state index contributed by atoms with van der Waals surface area (Å²) in [6, 6.07) is 8.22. The Labute approximate surface area is 125 Å². The predicted octanol–water partition coefficient (Wildman–Crippen LogP) is 3.43. The molecule has 1 aromatic heterocycles. The van der Waals surface area contributed by atoms with E-state index in [1.54, 1.807) is 18.3 Å². The molecule has 2 aromatic rings. The maximum absolute atomic E-state index is 12.1. The molecule has 0 radical (unpaired) electrons. The topological polar surface area (TPSA) is 57.4 Å². The molecular weight excluding hydrogens is 297 g/mol. The third kappa shape index (κ3) is 4.11. The Morgan fingerprint density at radius 1 is 1.18 bits per heavy atom. The molecule has 2 rings (SSSR count). The van der Waals surface area contributed by atoms with Gasteiger partial charge in [-0.15, -0.1) is 13.2 Å². The molecule has 0 bridgehead atoms. The number of halogens is 3. The molecule has 22 heavy (non-hydrogen) atoms. The number of nitrogens with zero attached hydrogens (tertiary/aromatic N) is 1. The number of nitrogens with two attached hydrogens (primary N) is 1. The van der Waals surface area contributed by atoms with Crippen LogP contribution >= 0.6 is 0 Å². The van der Waals surface area contributed by atoms with Crippen molar-refractivity contribution in [1.29, 1.82) is 0 Å². The number of aromatic nitrogens is 1. The highest BCUT2D eigenvalue weighted by atomic mass is 19.4. The normalized spacial score (nSPS) is 12.8. The van der Waals surface area contributed by atoms with E-state index in [9.17, 15) is 13.2 Å². The fourth-order valence-electron chi connectivity index (χ4n) is 1.95. The van der Waals surface area contributed by atoms with Gasteiger partial charge in [0.25, 0.3) is 0 Å². The molecule has 0 aliphatic heterocycles. The van der Waals surface area contributed by atoms with Crippen LogP contribution in [0.2, 0.25) is 0 Å². The zero-order valence-electron chi connectivity index (χ0n) is 11.8. The molecule has 0 spiro atoms. The van der Waals surface area contributed by atoms with Crippen LogP contribution in [0.15, 0.2) is 42.6 Å². The standard InChI is InChI=1S/C15H15F3N2O2/c1-2-21-12-4-3-9-20-14(12)13(19)10-5-7-11(8-6-10)22-15(16,17)18/h3-9,13H,2,19H2,1H3. The minimum atomic E-state index is -4.72. The van der Waals surface area contributed by atoms with Gasteiger partial charge in [-0.3, -0.25) is 4.98 Å². The van der Waals surface area contributed by atoms with Crippen LogP contribution < -0.4 is 15.2 Å². The van der Waals surface area contributed by atoms with Gasteiger partial charge in [0, 0.05) is 6.20 Å². The van der Waals surface area contributed by atoms with E-state index in [-0.39, 0.29) is 5.75 Å². The number of benzene rings is 1. The Morgan fingerprint density at radius 3 is 2.45 bits per heavy atom. The summed E-state index contributed by atoms with van der Waals surface area (Å²) >= 11 is 0. The molecule has 118 valence electrons. The molecule has 1 aromatic carbocycles. The Balaban J connectivity index is 2.21. The zero-order chi connectivity index (χ0) is 16.2. The highest BCUT2D eigenvalue weighted by Gasteiger charge is 2.31. The molecule has 0 saturated carbocycles. The van der Waals surface area contributed by atoms with Crippen molar-refractivity contribution in [2.24, 2.45) is 5.73 Å². The van der Waals surface area contributed by atoms with E-state index in [0.29, 0.717) is 23.6 Å². The molecule has 0 saturated heterocycles. The van der Waals surface area contributed by atoms with E-state index in [1.165, 1.54) is 24.3 Å². The first-order chi connectivity index (χ1) is 10.4. The molecule has 1 atom stereocenters. The lowest BCUT2D eigenvalue weighted by Crippen LogP contribution is -2.18. The molecule has 0 fully saturated rings. The van der Waals surface area contributed by atoms with Crippen LogP contribution in [0.25, 0.3) is 0 Å². The largest absolute Gasteiger partial charge is 0.573 e. The summed E-state index contributed by atoms with van der Waals surface area (Å²) in [5.74, 6) is 0.252. The predicted molar refractivity (Wildman–Crippen MR) is 74.6 cm³/mol. The van der Waals surface area contributed by atoms with Crippen molar-refractivity contribution in [2.45, 2.75) is 19.3 Å². The van der Waals surface area contributed by atoms with E-state index in [1.807, 2.05) is 6.92 Å². The van der Waals surface area contributed by atoms with Crippen LogP contribution in [0, 0.1) is 0 Å². The second-order valence-corrected chi connectivity index (χ2v) is 4.41. The van der Waals surface area contributed by atoms with Gasteiger partial charge in [0.05, 0.1) is 12.6 Å². The Kier molecular flexibility index (Phi) is 4.87. The summed E-state index contributed by atoms with van der Waals surface area (Å²) in [6.07, 6.45) is -3.13. The second-order valence-electron chi connectivity index (χ2n) is 4.41. The molecule has 1 unspecified atom stereocenters. The van der Waals surface area contributed by atoms with Gasteiger partial charge in [-0.05, 0) is 36.8 Å². The average molecular weight is 312 g/mol. The Bertz CT molecular complexity index is 615. The van der Waals surface area contributed by atoms with Gasteiger partial charge in [-0.2, -0.15) is 0 Å². The van der Waals surface area contributed by atoms with Crippen LogP contribution in [-0.4, -0.2) is 18.0 Å². The maximum atomic E-state index is 12.1. The van der Waals surface area contributed by atoms with Crippen molar-refractivity contribution in [3.05, 3.63) is 53.9 Å². The van der Waals surface area contributed by atoms with E-state index in [0.717, 1.165) is 0 Å². The lowest BCUT2D eigenvalue weighted by molar-refractivity contribution is -0.274. The third-order valence-corrected chi connectivity index (χ3v) is 2.87. The van der Waals surface area contributed by atoms with Crippen LogP contribution in [0.3, 0.4) is 0 Å². The molecule has 0 aliphatic rings. The summed E-state index contributed by atoms with van der Waals surface area (Å²) in [4.78, 5) is 4.19. The van der Waals surface area contributed by atoms with Gasteiger partial charge in [-0.25, -0.2) is 0 Å². The molecular formula is C15H15F3N2O2. The van der Waals surface area contributed by atoms with Crippen molar-refractivity contribution in [3.63, 3.8) is 0 Å². The summed E-state index contributed by atoms with van der Waals surface area (Å²) in [6.45, 7) is 2.30. The first-order valence-electron chi connectivity index (χ1n) is 6.59. The van der Waals surface area contributed by atoms with Gasteiger partial charge in [0.2, 0.25) is 0 Å². The van der Waals surface area contributed by atoms with Gasteiger partial charge in [-0.1, -0.05) is 12.1 Å². The quantitative estimate of drug-likeness (QED) is 0.919. The van der Waals surface area contributed by atoms with Crippen molar-refractivity contribution >= 4 is 0 Å². The van der Waals surface area contributed by atoms with Gasteiger partial charge >= 0.3 is 6.36 Å². The first kappa shape index (κ1) is 16.1. The van der Waals surface area contributed by atoms with Gasteiger partial charge < -0.3 is 15.2 Å². The zero-order valence-corrected chi connectivity index (χ0v) is 11.8. The number of hydrogen-bond donors (Lipinski definition) is 1. The van der Waals surface area contributed by atoms with Crippen molar-refractivity contribution in [2.75, 3.05) is 6.61 Å². The molecule has 4 nitrogen and oxygen atoms in total. The van der Waals surface area contributed by atoms with Gasteiger partial charge in [0.1, 0.15) is 17.2 Å². The van der Waals surface area contributed by atoms with Gasteiger partial charge in [0.15, 0.2) is 0 Å². The fraction of sp³-hybridized carbons (Fsp3) is 0.267. The van der Waals surface area contributed by atoms with Crippen LogP contribution in [0.1, 0.15) is 24.2 Å². The summed E-state index contributed by atoms with van der Waals surface area (Å²) < 4.78 is 45.7. The average Bonchev–Trinajstić information content (AvgIpc) is 2.47. The number of hydrogen-bond acceptors (Lipinski definition) is 4. The Morgan fingerprint density at radius 2 is 1.86 bits per heavy atom. The molecule has 1 heterocycles. The minimum Gasteiger partial charge on any atom is -0.492 e. The maximum Gasteiger partial charge on any atom is 0.573 e. The first-order valence-corrected chi connectivity index (χ1v) is 6.59. The van der Waals surface area contributed by atoms with E-state index >= 15 is 0 Å². The van der Waals surface area contributed by atoms with Crippen LogP contribution in [0.5, 0.6) is 11.5 Å². The SMILES string of the molecule is CCOc1cccnc1C(N)c1ccc(OC(F)(F)F)cc1.